The first-order valence-corrected chi connectivity index (χ1v) is 14.4. The van der Waals surface area contributed by atoms with Crippen LogP contribution in [0.25, 0.3) is 11.1 Å². The van der Waals surface area contributed by atoms with Crippen molar-refractivity contribution in [1.29, 1.82) is 0 Å². The van der Waals surface area contributed by atoms with Crippen molar-refractivity contribution < 1.29 is 19.1 Å². The normalized spacial score (nSPS) is 15.4. The molecular weight excluding hydrogens is 518 g/mol. The fourth-order valence-corrected chi connectivity index (χ4v) is 5.23. The van der Waals surface area contributed by atoms with Crippen LogP contribution in [0.4, 0.5) is 16.2 Å². The van der Waals surface area contributed by atoms with Crippen molar-refractivity contribution in [3.05, 3.63) is 83.9 Å². The average molecular weight is 558 g/mol. The van der Waals surface area contributed by atoms with Gasteiger partial charge in [0.05, 0.1) is 37.8 Å². The predicted octanol–water partition coefficient (Wildman–Crippen LogP) is 4.05. The molecule has 9 heteroatoms. The van der Waals surface area contributed by atoms with E-state index in [-0.39, 0.29) is 11.9 Å². The summed E-state index contributed by atoms with van der Waals surface area (Å²) in [4.78, 5) is 32.4. The number of nitrogens with two attached hydrogens (primary N) is 1. The number of carbonyl (C=O) groups excluding carboxylic acids is 2. The van der Waals surface area contributed by atoms with E-state index in [4.69, 9.17) is 15.2 Å². The van der Waals surface area contributed by atoms with E-state index in [2.05, 4.69) is 34.5 Å². The molecule has 216 valence electrons. The summed E-state index contributed by atoms with van der Waals surface area (Å²) >= 11 is 0. The third-order valence-electron chi connectivity index (χ3n) is 7.45. The molecule has 0 saturated carbocycles. The van der Waals surface area contributed by atoms with Crippen LogP contribution < -0.4 is 16.0 Å². The van der Waals surface area contributed by atoms with Crippen molar-refractivity contribution >= 4 is 23.3 Å². The summed E-state index contributed by atoms with van der Waals surface area (Å²) in [6.45, 7) is 6.78. The number of hydrogen-bond donors (Lipinski definition) is 2. The molecule has 9 nitrogen and oxygen atoms in total. The predicted molar refractivity (Wildman–Crippen MR) is 161 cm³/mol. The summed E-state index contributed by atoms with van der Waals surface area (Å²) < 4.78 is 11.0. The highest BCUT2D eigenvalue weighted by Gasteiger charge is 2.23. The first-order valence-electron chi connectivity index (χ1n) is 14.4. The number of anilines is 2. The molecule has 2 saturated heterocycles. The van der Waals surface area contributed by atoms with E-state index in [0.717, 1.165) is 47.6 Å². The van der Waals surface area contributed by atoms with E-state index in [9.17, 15) is 9.59 Å². The summed E-state index contributed by atoms with van der Waals surface area (Å²) in [7, 11) is 0. The first kappa shape index (κ1) is 28.6. The van der Waals surface area contributed by atoms with Gasteiger partial charge in [-0.3, -0.25) is 4.79 Å². The highest BCUT2D eigenvalue weighted by Crippen LogP contribution is 2.33. The third-order valence-corrected chi connectivity index (χ3v) is 7.45. The van der Waals surface area contributed by atoms with Gasteiger partial charge in [-0.1, -0.05) is 42.5 Å². The number of benzene rings is 3. The molecule has 3 N–H and O–H groups in total. The number of amides is 3. The molecule has 2 fully saturated rings. The molecule has 5 rings (SSSR count). The van der Waals surface area contributed by atoms with Crippen molar-refractivity contribution in [2.45, 2.75) is 13.0 Å². The lowest BCUT2D eigenvalue weighted by molar-refractivity contribution is 0.0425. The van der Waals surface area contributed by atoms with E-state index in [1.165, 1.54) is 0 Å². The quantitative estimate of drug-likeness (QED) is 0.412. The molecule has 2 aliphatic rings. The van der Waals surface area contributed by atoms with Crippen LogP contribution in [0, 0.1) is 0 Å². The number of hydrogen-bond acceptors (Lipinski definition) is 6. The number of nitrogens with one attached hydrogen (secondary N) is 1. The van der Waals surface area contributed by atoms with E-state index < -0.39 is 0 Å². The van der Waals surface area contributed by atoms with Crippen molar-refractivity contribution in [2.75, 3.05) is 75.9 Å². The Labute approximate surface area is 241 Å². The summed E-state index contributed by atoms with van der Waals surface area (Å²) in [5.41, 5.74) is 11.2. The summed E-state index contributed by atoms with van der Waals surface area (Å²) in [5.74, 6) is -0.150. The van der Waals surface area contributed by atoms with E-state index in [1.807, 2.05) is 58.3 Å². The van der Waals surface area contributed by atoms with Crippen molar-refractivity contribution in [1.82, 2.24) is 9.80 Å². The van der Waals surface area contributed by atoms with Gasteiger partial charge in [-0.25, -0.2) is 4.79 Å². The fraction of sp³-hybridized carbons (Fsp3) is 0.375. The lowest BCUT2D eigenvalue weighted by atomic mass is 10.0. The molecule has 0 bridgehead atoms. The molecule has 0 spiro atoms. The van der Waals surface area contributed by atoms with Gasteiger partial charge < -0.3 is 35.2 Å². The summed E-state index contributed by atoms with van der Waals surface area (Å²) in [6, 6.07) is 23.7. The van der Waals surface area contributed by atoms with Gasteiger partial charge in [-0.05, 0) is 60.0 Å². The van der Waals surface area contributed by atoms with Crippen LogP contribution in [0.1, 0.15) is 22.3 Å². The Kier molecular flexibility index (Phi) is 9.85. The number of ether oxygens (including phenoxy) is 2. The van der Waals surface area contributed by atoms with Gasteiger partial charge in [0.2, 0.25) is 0 Å². The smallest absolute Gasteiger partial charge is 0.320 e. The second-order valence-electron chi connectivity index (χ2n) is 10.3. The molecule has 3 aromatic rings. The van der Waals surface area contributed by atoms with Crippen LogP contribution in [0.2, 0.25) is 0 Å². The van der Waals surface area contributed by atoms with Crippen LogP contribution in [0.5, 0.6) is 0 Å². The van der Waals surface area contributed by atoms with Crippen LogP contribution >= 0.6 is 0 Å². The van der Waals surface area contributed by atoms with E-state index >= 15 is 0 Å². The van der Waals surface area contributed by atoms with E-state index in [0.29, 0.717) is 64.7 Å². The maximum absolute atomic E-state index is 13.3. The fourth-order valence-electron chi connectivity index (χ4n) is 5.23. The highest BCUT2D eigenvalue weighted by atomic mass is 16.5. The SMILES string of the molecule is NCCCN(Cc1cccc(-c2ccc(N3CCOCC3)c(NC(=O)c3ccccc3)c2)c1)C(=O)N1CCOCC1. The third kappa shape index (κ3) is 7.43. The number of urea groups is 1. The molecule has 0 aromatic heterocycles. The van der Waals surface area contributed by atoms with Gasteiger partial charge in [0.15, 0.2) is 0 Å². The van der Waals surface area contributed by atoms with Gasteiger partial charge >= 0.3 is 6.03 Å². The first-order chi connectivity index (χ1) is 20.1. The molecule has 2 aliphatic heterocycles. The standard InChI is InChI=1S/C32H39N5O4/c33-12-5-13-37(32(39)36-16-20-41-21-17-36)24-25-6-4-9-27(22-25)28-10-11-30(35-14-18-40-19-15-35)29(23-28)34-31(38)26-7-2-1-3-8-26/h1-4,6-11,22-23H,5,12-21,24,33H2,(H,34,38). The average Bonchev–Trinajstić information content (AvgIpc) is 3.04. The van der Waals surface area contributed by atoms with Crippen LogP contribution in [0.3, 0.4) is 0 Å². The molecule has 41 heavy (non-hydrogen) atoms. The minimum Gasteiger partial charge on any atom is -0.378 e. The molecule has 0 atom stereocenters. The Morgan fingerprint density at radius 1 is 0.829 bits per heavy atom. The number of rotatable bonds is 9. The van der Waals surface area contributed by atoms with Gasteiger partial charge in [0.25, 0.3) is 5.91 Å². The topological polar surface area (TPSA) is 100 Å². The van der Waals surface area contributed by atoms with Crippen molar-refractivity contribution in [3.63, 3.8) is 0 Å². The Balaban J connectivity index is 1.40. The summed E-state index contributed by atoms with van der Waals surface area (Å²) in [5, 5.41) is 3.15. The van der Waals surface area contributed by atoms with Crippen molar-refractivity contribution in [2.24, 2.45) is 5.73 Å². The van der Waals surface area contributed by atoms with Gasteiger partial charge in [0.1, 0.15) is 0 Å². The Morgan fingerprint density at radius 2 is 1.54 bits per heavy atom. The van der Waals surface area contributed by atoms with Crippen molar-refractivity contribution in [3.8, 4) is 11.1 Å². The highest BCUT2D eigenvalue weighted by molar-refractivity contribution is 6.06. The van der Waals surface area contributed by atoms with Crippen LogP contribution in [-0.2, 0) is 16.0 Å². The lowest BCUT2D eigenvalue weighted by Gasteiger charge is -2.33. The lowest BCUT2D eigenvalue weighted by Crippen LogP contribution is -2.48. The van der Waals surface area contributed by atoms with Crippen LogP contribution in [0.15, 0.2) is 72.8 Å². The van der Waals surface area contributed by atoms with Crippen LogP contribution in [-0.4, -0.2) is 87.4 Å². The number of nitrogens with zero attached hydrogens (tertiary/aromatic N) is 3. The zero-order chi connectivity index (χ0) is 28.4. The maximum Gasteiger partial charge on any atom is 0.320 e. The largest absolute Gasteiger partial charge is 0.378 e. The molecule has 2 heterocycles. The number of morpholine rings is 2. The maximum atomic E-state index is 13.3. The minimum atomic E-state index is -0.150. The molecule has 3 amide bonds. The second-order valence-corrected chi connectivity index (χ2v) is 10.3. The zero-order valence-electron chi connectivity index (χ0n) is 23.5. The van der Waals surface area contributed by atoms with E-state index in [1.54, 1.807) is 0 Å². The van der Waals surface area contributed by atoms with Gasteiger partial charge in [0, 0.05) is 44.8 Å². The number of carbonyl (C=O) groups is 2. The molecule has 0 unspecified atom stereocenters. The Hall–Kier alpha value is -3.92. The molecular formula is C32H39N5O4. The Bertz CT molecular complexity index is 1310. The monoisotopic (exact) mass is 557 g/mol. The molecule has 3 aromatic carbocycles. The summed E-state index contributed by atoms with van der Waals surface area (Å²) in [6.07, 6.45) is 0.739. The zero-order valence-corrected chi connectivity index (χ0v) is 23.5. The minimum absolute atomic E-state index is 0.0212. The Morgan fingerprint density at radius 3 is 2.27 bits per heavy atom. The second kappa shape index (κ2) is 14.1. The molecule has 0 aliphatic carbocycles. The van der Waals surface area contributed by atoms with Gasteiger partial charge in [-0.2, -0.15) is 0 Å². The molecule has 0 radical (unpaired) electrons. The van der Waals surface area contributed by atoms with Gasteiger partial charge in [-0.15, -0.1) is 0 Å².